The third-order valence-corrected chi connectivity index (χ3v) is 4.97. The molecular formula is C19H20N4O. The lowest BCUT2D eigenvalue weighted by atomic mass is 10.0. The van der Waals surface area contributed by atoms with Gasteiger partial charge in [0, 0.05) is 18.7 Å². The Bertz CT molecular complexity index is 862. The Balaban J connectivity index is 1.56. The van der Waals surface area contributed by atoms with Crippen molar-refractivity contribution in [2.45, 2.75) is 31.7 Å². The molecule has 1 N–H and O–H groups in total. The van der Waals surface area contributed by atoms with E-state index < -0.39 is 0 Å². The number of carbonyl (C=O) groups is 1. The van der Waals surface area contributed by atoms with Crippen molar-refractivity contribution in [3.05, 3.63) is 48.0 Å². The Morgan fingerprint density at radius 2 is 1.67 bits per heavy atom. The van der Waals surface area contributed by atoms with E-state index in [0.717, 1.165) is 40.6 Å². The maximum Gasteiger partial charge on any atom is 0.253 e. The fourth-order valence-corrected chi connectivity index (χ4v) is 3.49. The predicted octanol–water partition coefficient (Wildman–Crippen LogP) is 3.64. The molecule has 2 aromatic carbocycles. The van der Waals surface area contributed by atoms with Crippen LogP contribution in [-0.4, -0.2) is 39.3 Å². The van der Waals surface area contributed by atoms with Crippen LogP contribution < -0.4 is 0 Å². The maximum absolute atomic E-state index is 12.6. The number of H-pyrrole nitrogens is 1. The minimum atomic E-state index is 0.111. The van der Waals surface area contributed by atoms with E-state index in [1.165, 1.54) is 12.8 Å². The predicted molar refractivity (Wildman–Crippen MR) is 93.7 cm³/mol. The molecular weight excluding hydrogens is 300 g/mol. The molecule has 1 fully saturated rings. The number of nitrogens with one attached hydrogen (secondary N) is 1. The Kier molecular flexibility index (Phi) is 3.76. The van der Waals surface area contributed by atoms with Crippen molar-refractivity contribution in [3.63, 3.8) is 0 Å². The Labute approximate surface area is 140 Å². The van der Waals surface area contributed by atoms with Crippen LogP contribution >= 0.6 is 0 Å². The monoisotopic (exact) mass is 320 g/mol. The minimum Gasteiger partial charge on any atom is -0.339 e. The Morgan fingerprint density at radius 3 is 2.42 bits per heavy atom. The van der Waals surface area contributed by atoms with E-state index >= 15 is 0 Å². The number of rotatable bonds is 3. The molecule has 5 heteroatoms. The fraction of sp³-hybridized carbons (Fsp3) is 0.316. The molecule has 5 nitrogen and oxygen atoms in total. The first kappa shape index (κ1) is 14.9. The highest BCUT2D eigenvalue weighted by molar-refractivity contribution is 5.95. The molecule has 0 atom stereocenters. The summed E-state index contributed by atoms with van der Waals surface area (Å²) in [6.45, 7) is 0. The van der Waals surface area contributed by atoms with Gasteiger partial charge in [-0.05, 0) is 48.2 Å². The van der Waals surface area contributed by atoms with Crippen molar-refractivity contribution in [1.82, 2.24) is 20.3 Å². The molecule has 0 radical (unpaired) electrons. The van der Waals surface area contributed by atoms with Crippen molar-refractivity contribution in [3.8, 4) is 11.1 Å². The van der Waals surface area contributed by atoms with Crippen LogP contribution in [0.25, 0.3) is 22.2 Å². The first-order valence-electron chi connectivity index (χ1n) is 8.40. The number of fused-ring (bicyclic) bond motifs is 1. The van der Waals surface area contributed by atoms with Crippen LogP contribution in [0, 0.1) is 0 Å². The normalized spacial score (nSPS) is 15.0. The zero-order valence-electron chi connectivity index (χ0n) is 13.7. The molecule has 0 saturated heterocycles. The van der Waals surface area contributed by atoms with Crippen molar-refractivity contribution in [1.29, 1.82) is 0 Å². The summed E-state index contributed by atoms with van der Waals surface area (Å²) in [5, 5.41) is 10.8. The summed E-state index contributed by atoms with van der Waals surface area (Å²) in [4.78, 5) is 14.5. The molecule has 1 saturated carbocycles. The number of aromatic nitrogens is 3. The van der Waals surface area contributed by atoms with Gasteiger partial charge in [-0.25, -0.2) is 0 Å². The Hall–Kier alpha value is -2.69. The van der Waals surface area contributed by atoms with Gasteiger partial charge in [0.05, 0.1) is 0 Å². The van der Waals surface area contributed by atoms with Gasteiger partial charge in [0.1, 0.15) is 11.0 Å². The number of nitrogens with zero attached hydrogens (tertiary/aromatic N) is 3. The molecule has 1 aliphatic carbocycles. The summed E-state index contributed by atoms with van der Waals surface area (Å²) in [5.74, 6) is 0.111. The largest absolute Gasteiger partial charge is 0.339 e. The van der Waals surface area contributed by atoms with Crippen molar-refractivity contribution >= 4 is 16.9 Å². The topological polar surface area (TPSA) is 61.9 Å². The van der Waals surface area contributed by atoms with E-state index in [9.17, 15) is 4.79 Å². The first-order chi connectivity index (χ1) is 11.7. The average Bonchev–Trinajstić information content (AvgIpc) is 3.31. The number of hydrogen-bond acceptors (Lipinski definition) is 3. The van der Waals surface area contributed by atoms with E-state index in [1.807, 2.05) is 54.4 Å². The standard InChI is InChI=1S/C19H20N4O/c1-23(16-4-2-3-5-16)19(24)14-8-6-13(7-9-14)15-10-11-17-18(12-15)21-22-20-17/h6-12,16H,2-5H2,1H3,(H,20,21,22). The lowest BCUT2D eigenvalue weighted by Gasteiger charge is -2.24. The van der Waals surface area contributed by atoms with Gasteiger partial charge in [-0.1, -0.05) is 31.0 Å². The number of aromatic amines is 1. The fourth-order valence-electron chi connectivity index (χ4n) is 3.49. The number of benzene rings is 2. The van der Waals surface area contributed by atoms with Crippen LogP contribution in [0.2, 0.25) is 0 Å². The second-order valence-electron chi connectivity index (χ2n) is 6.46. The molecule has 1 aliphatic rings. The van der Waals surface area contributed by atoms with Gasteiger partial charge in [0.25, 0.3) is 5.91 Å². The molecule has 1 aromatic heterocycles. The van der Waals surface area contributed by atoms with Crippen molar-refractivity contribution < 1.29 is 4.79 Å². The summed E-state index contributed by atoms with van der Waals surface area (Å²) in [6, 6.07) is 14.2. The summed E-state index contributed by atoms with van der Waals surface area (Å²) in [5.41, 5.74) is 4.58. The molecule has 4 rings (SSSR count). The number of hydrogen-bond donors (Lipinski definition) is 1. The number of carbonyl (C=O) groups excluding carboxylic acids is 1. The molecule has 0 spiro atoms. The van der Waals surface area contributed by atoms with Crippen LogP contribution in [0.5, 0.6) is 0 Å². The van der Waals surface area contributed by atoms with Crippen LogP contribution in [0.15, 0.2) is 42.5 Å². The van der Waals surface area contributed by atoms with Gasteiger partial charge in [0.2, 0.25) is 0 Å². The molecule has 3 aromatic rings. The first-order valence-corrected chi connectivity index (χ1v) is 8.40. The molecule has 0 bridgehead atoms. The van der Waals surface area contributed by atoms with E-state index in [1.54, 1.807) is 0 Å². The molecule has 24 heavy (non-hydrogen) atoms. The van der Waals surface area contributed by atoms with Gasteiger partial charge in [0.15, 0.2) is 0 Å². The highest BCUT2D eigenvalue weighted by Crippen LogP contribution is 2.25. The van der Waals surface area contributed by atoms with Gasteiger partial charge < -0.3 is 4.90 Å². The van der Waals surface area contributed by atoms with E-state index in [0.29, 0.717) is 6.04 Å². The van der Waals surface area contributed by atoms with E-state index in [4.69, 9.17) is 0 Å². The summed E-state index contributed by atoms with van der Waals surface area (Å²) >= 11 is 0. The summed E-state index contributed by atoms with van der Waals surface area (Å²) < 4.78 is 0. The van der Waals surface area contributed by atoms with Crippen molar-refractivity contribution in [2.75, 3.05) is 7.05 Å². The highest BCUT2D eigenvalue weighted by Gasteiger charge is 2.24. The van der Waals surface area contributed by atoms with Crippen molar-refractivity contribution in [2.24, 2.45) is 0 Å². The molecule has 122 valence electrons. The average molecular weight is 320 g/mol. The third kappa shape index (κ3) is 2.66. The SMILES string of the molecule is CN(C(=O)c1ccc(-c2ccc3n[nH]nc3c2)cc1)C1CCCC1. The molecule has 0 aliphatic heterocycles. The maximum atomic E-state index is 12.6. The lowest BCUT2D eigenvalue weighted by molar-refractivity contribution is 0.0735. The van der Waals surface area contributed by atoms with Gasteiger partial charge in [-0.3, -0.25) is 4.79 Å². The van der Waals surface area contributed by atoms with Crippen LogP contribution in [-0.2, 0) is 0 Å². The second-order valence-corrected chi connectivity index (χ2v) is 6.46. The lowest BCUT2D eigenvalue weighted by Crippen LogP contribution is -2.35. The molecule has 1 amide bonds. The summed E-state index contributed by atoms with van der Waals surface area (Å²) in [7, 11) is 1.92. The second kappa shape index (κ2) is 6.07. The van der Waals surface area contributed by atoms with Crippen LogP contribution in [0.1, 0.15) is 36.0 Å². The van der Waals surface area contributed by atoms with E-state index in [-0.39, 0.29) is 5.91 Å². The van der Waals surface area contributed by atoms with Gasteiger partial charge in [-0.2, -0.15) is 15.4 Å². The van der Waals surface area contributed by atoms with Gasteiger partial charge in [-0.15, -0.1) is 0 Å². The zero-order valence-corrected chi connectivity index (χ0v) is 13.7. The van der Waals surface area contributed by atoms with Crippen LogP contribution in [0.3, 0.4) is 0 Å². The van der Waals surface area contributed by atoms with E-state index in [2.05, 4.69) is 15.4 Å². The van der Waals surface area contributed by atoms with Gasteiger partial charge >= 0.3 is 0 Å². The Morgan fingerprint density at radius 1 is 1.00 bits per heavy atom. The molecule has 1 heterocycles. The van der Waals surface area contributed by atoms with Crippen LogP contribution in [0.4, 0.5) is 0 Å². The smallest absolute Gasteiger partial charge is 0.253 e. The number of amides is 1. The minimum absolute atomic E-state index is 0.111. The quantitative estimate of drug-likeness (QED) is 0.801. The zero-order chi connectivity index (χ0) is 16.5. The highest BCUT2D eigenvalue weighted by atomic mass is 16.2. The molecule has 0 unspecified atom stereocenters. The third-order valence-electron chi connectivity index (χ3n) is 4.97. The summed E-state index contributed by atoms with van der Waals surface area (Å²) in [6.07, 6.45) is 4.70.